The number of anilines is 3. The Balaban J connectivity index is 1.64. The molecule has 2 aromatic carbocycles. The van der Waals surface area contributed by atoms with Gasteiger partial charge < -0.3 is 11.1 Å². The number of aromatic nitrogens is 3. The standard InChI is InChI=1S/C20H20ClN5OS/c1-12-3-6-15(9-13(12)2)23-20-25-18(24-19(22)26-20)10-16(27)11-28-17-7-4-14(21)5-8-17/h3-9H,10-11H2,1-2H3,(H3,22,23,24,25,26). The number of ketones is 1. The molecular formula is C20H20ClN5OS. The van der Waals surface area contributed by atoms with Gasteiger partial charge in [0.05, 0.1) is 12.2 Å². The molecular weight excluding hydrogens is 394 g/mol. The van der Waals surface area contributed by atoms with Crippen molar-refractivity contribution in [3.63, 3.8) is 0 Å². The van der Waals surface area contributed by atoms with E-state index in [1.54, 1.807) is 12.1 Å². The number of carbonyl (C=O) groups excluding carboxylic acids is 1. The Kier molecular flexibility index (Phi) is 6.49. The average Bonchev–Trinajstić information content (AvgIpc) is 2.64. The molecule has 0 saturated heterocycles. The smallest absolute Gasteiger partial charge is 0.232 e. The molecule has 0 bridgehead atoms. The van der Waals surface area contributed by atoms with Gasteiger partial charge in [-0.15, -0.1) is 11.8 Å². The predicted molar refractivity (Wildman–Crippen MR) is 114 cm³/mol. The molecule has 8 heteroatoms. The van der Waals surface area contributed by atoms with E-state index in [4.69, 9.17) is 17.3 Å². The first-order valence-corrected chi connectivity index (χ1v) is 10.00. The van der Waals surface area contributed by atoms with Gasteiger partial charge in [0.1, 0.15) is 5.82 Å². The Morgan fingerprint density at radius 1 is 1.07 bits per heavy atom. The van der Waals surface area contributed by atoms with Crippen LogP contribution in [-0.4, -0.2) is 26.5 Å². The average molecular weight is 414 g/mol. The SMILES string of the molecule is Cc1ccc(Nc2nc(N)nc(CC(=O)CSc3ccc(Cl)cc3)n2)cc1C. The number of Topliss-reactive ketones (excluding diaryl/α,β-unsaturated/α-hetero) is 1. The van der Waals surface area contributed by atoms with Crippen molar-refractivity contribution < 1.29 is 4.79 Å². The van der Waals surface area contributed by atoms with Crippen LogP contribution in [0.2, 0.25) is 5.02 Å². The molecule has 6 nitrogen and oxygen atoms in total. The van der Waals surface area contributed by atoms with Crippen LogP contribution in [0.1, 0.15) is 17.0 Å². The molecule has 0 atom stereocenters. The molecule has 0 aliphatic rings. The van der Waals surface area contributed by atoms with Crippen LogP contribution < -0.4 is 11.1 Å². The second kappa shape index (κ2) is 9.03. The number of rotatable bonds is 7. The van der Waals surface area contributed by atoms with Gasteiger partial charge in [0, 0.05) is 15.6 Å². The van der Waals surface area contributed by atoms with Crippen molar-refractivity contribution in [2.75, 3.05) is 16.8 Å². The normalized spacial score (nSPS) is 10.7. The van der Waals surface area contributed by atoms with Crippen molar-refractivity contribution in [3.8, 4) is 0 Å². The summed E-state index contributed by atoms with van der Waals surface area (Å²) >= 11 is 7.31. The van der Waals surface area contributed by atoms with E-state index < -0.39 is 0 Å². The largest absolute Gasteiger partial charge is 0.368 e. The number of nitrogens with one attached hydrogen (secondary N) is 1. The van der Waals surface area contributed by atoms with Crippen LogP contribution in [-0.2, 0) is 11.2 Å². The maximum Gasteiger partial charge on any atom is 0.232 e. The molecule has 0 radical (unpaired) electrons. The van der Waals surface area contributed by atoms with Crippen LogP contribution in [0.4, 0.5) is 17.6 Å². The fraction of sp³-hybridized carbons (Fsp3) is 0.200. The lowest BCUT2D eigenvalue weighted by Gasteiger charge is -2.09. The summed E-state index contributed by atoms with van der Waals surface area (Å²) in [5.74, 6) is 1.06. The molecule has 3 rings (SSSR count). The zero-order valence-corrected chi connectivity index (χ0v) is 17.1. The van der Waals surface area contributed by atoms with Crippen molar-refractivity contribution >= 4 is 46.7 Å². The Morgan fingerprint density at radius 2 is 1.82 bits per heavy atom. The molecule has 144 valence electrons. The third kappa shape index (κ3) is 5.68. The van der Waals surface area contributed by atoms with Crippen LogP contribution >= 0.6 is 23.4 Å². The molecule has 3 N–H and O–H groups in total. The summed E-state index contributed by atoms with van der Waals surface area (Å²) in [5, 5.41) is 3.79. The van der Waals surface area contributed by atoms with Gasteiger partial charge in [-0.2, -0.15) is 15.0 Å². The fourth-order valence-corrected chi connectivity index (χ4v) is 3.33. The summed E-state index contributed by atoms with van der Waals surface area (Å²) in [4.78, 5) is 25.8. The number of carbonyl (C=O) groups is 1. The Bertz CT molecular complexity index is 994. The van der Waals surface area contributed by atoms with Gasteiger partial charge >= 0.3 is 0 Å². The van der Waals surface area contributed by atoms with E-state index in [-0.39, 0.29) is 18.2 Å². The Labute approximate surface area is 173 Å². The van der Waals surface area contributed by atoms with Crippen molar-refractivity contribution in [3.05, 3.63) is 64.4 Å². The third-order valence-electron chi connectivity index (χ3n) is 4.03. The Morgan fingerprint density at radius 3 is 2.54 bits per heavy atom. The van der Waals surface area contributed by atoms with Gasteiger partial charge in [0.25, 0.3) is 0 Å². The molecule has 0 amide bonds. The lowest BCUT2D eigenvalue weighted by molar-refractivity contribution is -0.116. The quantitative estimate of drug-likeness (QED) is 0.555. The summed E-state index contributed by atoms with van der Waals surface area (Å²) in [7, 11) is 0. The maximum atomic E-state index is 12.3. The molecule has 0 unspecified atom stereocenters. The minimum absolute atomic E-state index is 0.00248. The number of nitrogens with two attached hydrogens (primary N) is 1. The highest BCUT2D eigenvalue weighted by Crippen LogP contribution is 2.21. The summed E-state index contributed by atoms with van der Waals surface area (Å²) in [6.07, 6.45) is 0.0922. The third-order valence-corrected chi connectivity index (χ3v) is 5.35. The summed E-state index contributed by atoms with van der Waals surface area (Å²) in [6.45, 7) is 4.08. The monoisotopic (exact) mass is 413 g/mol. The number of benzene rings is 2. The van der Waals surface area contributed by atoms with E-state index in [2.05, 4.69) is 20.3 Å². The number of thioether (sulfide) groups is 1. The topological polar surface area (TPSA) is 93.8 Å². The van der Waals surface area contributed by atoms with Crippen LogP contribution in [0.25, 0.3) is 0 Å². The number of hydrogen-bond acceptors (Lipinski definition) is 7. The molecule has 0 aliphatic carbocycles. The van der Waals surface area contributed by atoms with E-state index in [0.717, 1.165) is 16.1 Å². The molecule has 1 heterocycles. The van der Waals surface area contributed by atoms with Crippen LogP contribution in [0.15, 0.2) is 47.4 Å². The van der Waals surface area contributed by atoms with Gasteiger partial charge in [-0.1, -0.05) is 17.7 Å². The van der Waals surface area contributed by atoms with Gasteiger partial charge in [-0.05, 0) is 61.4 Å². The molecule has 28 heavy (non-hydrogen) atoms. The van der Waals surface area contributed by atoms with Crippen LogP contribution in [0.3, 0.4) is 0 Å². The summed E-state index contributed by atoms with van der Waals surface area (Å²) < 4.78 is 0. The van der Waals surface area contributed by atoms with Crippen LogP contribution in [0.5, 0.6) is 0 Å². The molecule has 0 saturated carbocycles. The summed E-state index contributed by atoms with van der Waals surface area (Å²) in [6, 6.07) is 13.3. The predicted octanol–water partition coefficient (Wildman–Crippen LogP) is 4.37. The van der Waals surface area contributed by atoms with Crippen LogP contribution in [0, 0.1) is 13.8 Å². The van der Waals surface area contributed by atoms with Gasteiger partial charge in [0.15, 0.2) is 5.78 Å². The van der Waals surface area contributed by atoms with E-state index in [9.17, 15) is 4.79 Å². The minimum Gasteiger partial charge on any atom is -0.368 e. The highest BCUT2D eigenvalue weighted by molar-refractivity contribution is 8.00. The lowest BCUT2D eigenvalue weighted by Crippen LogP contribution is -2.12. The lowest BCUT2D eigenvalue weighted by atomic mass is 10.1. The van der Waals surface area contributed by atoms with Crippen molar-refractivity contribution in [1.29, 1.82) is 0 Å². The van der Waals surface area contributed by atoms with Gasteiger partial charge in [0.2, 0.25) is 11.9 Å². The molecule has 0 fully saturated rings. The number of hydrogen-bond donors (Lipinski definition) is 2. The van der Waals surface area contributed by atoms with Crippen molar-refractivity contribution in [2.45, 2.75) is 25.2 Å². The number of nitrogens with zero attached hydrogens (tertiary/aromatic N) is 3. The zero-order valence-electron chi connectivity index (χ0n) is 15.6. The second-order valence-corrected chi connectivity index (χ2v) is 7.80. The van der Waals surface area contributed by atoms with Crippen molar-refractivity contribution in [1.82, 2.24) is 15.0 Å². The fourth-order valence-electron chi connectivity index (χ4n) is 2.44. The second-order valence-electron chi connectivity index (χ2n) is 6.32. The highest BCUT2D eigenvalue weighted by atomic mass is 35.5. The zero-order chi connectivity index (χ0) is 20.1. The number of aryl methyl sites for hydroxylation is 2. The first-order valence-electron chi connectivity index (χ1n) is 8.64. The van der Waals surface area contributed by atoms with E-state index in [0.29, 0.717) is 22.5 Å². The van der Waals surface area contributed by atoms with Crippen molar-refractivity contribution in [2.24, 2.45) is 0 Å². The summed E-state index contributed by atoms with van der Waals surface area (Å²) in [5.41, 5.74) is 9.00. The van der Waals surface area contributed by atoms with E-state index in [1.165, 1.54) is 17.3 Å². The first-order chi connectivity index (χ1) is 13.4. The van der Waals surface area contributed by atoms with E-state index in [1.807, 2.05) is 44.2 Å². The molecule has 0 aliphatic heterocycles. The maximum absolute atomic E-state index is 12.3. The van der Waals surface area contributed by atoms with E-state index >= 15 is 0 Å². The van der Waals surface area contributed by atoms with Gasteiger partial charge in [-0.25, -0.2) is 0 Å². The molecule has 3 aromatic rings. The highest BCUT2D eigenvalue weighted by Gasteiger charge is 2.11. The first kappa shape index (κ1) is 20.1. The van der Waals surface area contributed by atoms with Gasteiger partial charge in [-0.3, -0.25) is 4.79 Å². The number of halogens is 1. The Hall–Kier alpha value is -2.64. The molecule has 1 aromatic heterocycles. The minimum atomic E-state index is 0.00248. The molecule has 0 spiro atoms. The number of nitrogen functional groups attached to an aromatic ring is 1.